The van der Waals surface area contributed by atoms with Gasteiger partial charge < -0.3 is 40.2 Å². The monoisotopic (exact) mass is 658 g/mol. The van der Waals surface area contributed by atoms with Gasteiger partial charge in [0.25, 0.3) is 0 Å². The van der Waals surface area contributed by atoms with Crippen molar-refractivity contribution in [1.82, 2.24) is 10.6 Å². The Hall–Kier alpha value is -2.12. The van der Waals surface area contributed by atoms with Crippen molar-refractivity contribution in [2.24, 2.45) is 0 Å². The van der Waals surface area contributed by atoms with E-state index in [2.05, 4.69) is 29.2 Å². The molecule has 0 unspecified atom stereocenters. The van der Waals surface area contributed by atoms with E-state index in [4.69, 9.17) is 9.47 Å². The molecule has 12 heteroatoms. The molecular formula is C34H62N2O10. The third kappa shape index (κ3) is 18.3. The summed E-state index contributed by atoms with van der Waals surface area (Å²) < 4.78 is 15.4. The highest BCUT2D eigenvalue weighted by Gasteiger charge is 2.48. The smallest absolute Gasteiger partial charge is 0.345 e. The predicted molar refractivity (Wildman–Crippen MR) is 173 cm³/mol. The molecule has 0 aromatic heterocycles. The third-order valence-corrected chi connectivity index (χ3v) is 8.21. The number of unbranched alkanes of at least 4 members (excludes halogenated alkanes) is 16. The fourth-order valence-electron chi connectivity index (χ4n) is 5.39. The molecule has 1 fully saturated rings. The number of hydrogen-bond donors (Lipinski definition) is 5. The lowest BCUT2D eigenvalue weighted by Gasteiger charge is -2.39. The molecule has 1 heterocycles. The Morgan fingerprint density at radius 1 is 0.696 bits per heavy atom. The second-order valence-electron chi connectivity index (χ2n) is 12.5. The van der Waals surface area contributed by atoms with Crippen molar-refractivity contribution in [1.29, 1.82) is 0 Å². The first-order valence-corrected chi connectivity index (χ1v) is 17.7. The lowest BCUT2D eigenvalue weighted by atomic mass is 9.99. The van der Waals surface area contributed by atoms with Gasteiger partial charge in [-0.25, -0.2) is 4.79 Å². The van der Waals surface area contributed by atoms with Crippen molar-refractivity contribution in [2.75, 3.05) is 13.2 Å². The number of hydrogen-bond acceptors (Lipinski definition) is 10. The van der Waals surface area contributed by atoms with Crippen LogP contribution in [0.5, 0.6) is 0 Å². The third-order valence-electron chi connectivity index (χ3n) is 8.21. The summed E-state index contributed by atoms with van der Waals surface area (Å²) in [5.41, 5.74) is 0. The first-order valence-electron chi connectivity index (χ1n) is 17.7. The van der Waals surface area contributed by atoms with Crippen LogP contribution in [0.25, 0.3) is 0 Å². The molecule has 0 saturated carbocycles. The van der Waals surface area contributed by atoms with Crippen molar-refractivity contribution in [3.8, 4) is 0 Å². The van der Waals surface area contributed by atoms with Gasteiger partial charge in [-0.15, -0.1) is 0 Å². The molecule has 0 aromatic rings. The minimum absolute atomic E-state index is 0.240. The second-order valence-corrected chi connectivity index (χ2v) is 12.5. The maximum atomic E-state index is 13.1. The van der Waals surface area contributed by atoms with Gasteiger partial charge in [0.1, 0.15) is 24.4 Å². The van der Waals surface area contributed by atoms with E-state index in [1.54, 1.807) is 0 Å². The van der Waals surface area contributed by atoms with E-state index in [1.165, 1.54) is 64.2 Å². The van der Waals surface area contributed by atoms with Crippen LogP contribution in [0, 0.1) is 0 Å². The molecule has 1 saturated heterocycles. The highest BCUT2D eigenvalue weighted by atomic mass is 16.7. The van der Waals surface area contributed by atoms with E-state index < -0.39 is 61.2 Å². The van der Waals surface area contributed by atoms with E-state index in [0.29, 0.717) is 13.0 Å². The molecule has 12 nitrogen and oxygen atoms in total. The number of nitrogens with one attached hydrogen (secondary N) is 2. The summed E-state index contributed by atoms with van der Waals surface area (Å²) in [7, 11) is 0. The topological polar surface area (TPSA) is 181 Å². The molecule has 268 valence electrons. The van der Waals surface area contributed by atoms with E-state index in [-0.39, 0.29) is 12.3 Å². The molecule has 5 N–H and O–H groups in total. The largest absolute Gasteiger partial charge is 0.391 e. The Morgan fingerprint density at radius 3 is 1.72 bits per heavy atom. The molecule has 2 amide bonds. The number of carbonyl (C=O) groups excluding carboxylic acids is 4. The van der Waals surface area contributed by atoms with Gasteiger partial charge in [0.05, 0.1) is 6.61 Å². The zero-order valence-electron chi connectivity index (χ0n) is 28.5. The van der Waals surface area contributed by atoms with Crippen LogP contribution in [0.4, 0.5) is 0 Å². The summed E-state index contributed by atoms with van der Waals surface area (Å²) in [6.07, 6.45) is 11.4. The zero-order chi connectivity index (χ0) is 34.2. The molecule has 1 aliphatic rings. The van der Waals surface area contributed by atoms with Gasteiger partial charge in [0.15, 0.2) is 12.4 Å². The number of carbonyl (C=O) groups is 4. The van der Waals surface area contributed by atoms with Crippen molar-refractivity contribution in [3.63, 3.8) is 0 Å². The fourth-order valence-corrected chi connectivity index (χ4v) is 5.39. The molecule has 0 bridgehead atoms. The van der Waals surface area contributed by atoms with Gasteiger partial charge in [-0.3, -0.25) is 14.4 Å². The van der Waals surface area contributed by atoms with Crippen LogP contribution < -0.4 is 10.6 Å². The van der Waals surface area contributed by atoms with Crippen LogP contribution in [0.15, 0.2) is 0 Å². The average molecular weight is 659 g/mol. The van der Waals surface area contributed by atoms with E-state index >= 15 is 0 Å². The van der Waals surface area contributed by atoms with Gasteiger partial charge in [0, 0.05) is 19.9 Å². The minimum Gasteiger partial charge on any atom is -0.391 e. The lowest BCUT2D eigenvalue weighted by molar-refractivity contribution is -0.295. The normalized spacial score (nSPS) is 21.8. The Balaban J connectivity index is 2.65. The quantitative estimate of drug-likeness (QED) is 0.0519. The minimum atomic E-state index is -1.88. The zero-order valence-corrected chi connectivity index (χ0v) is 28.5. The summed E-state index contributed by atoms with van der Waals surface area (Å²) in [6, 6.07) is -1.13. The average Bonchev–Trinajstić information content (AvgIpc) is 3.02. The molecule has 6 atom stereocenters. The lowest BCUT2D eigenvalue weighted by Crippen LogP contribution is -2.61. The maximum absolute atomic E-state index is 13.1. The summed E-state index contributed by atoms with van der Waals surface area (Å²) in [5, 5.41) is 36.4. The summed E-state index contributed by atoms with van der Waals surface area (Å²) >= 11 is 0. The van der Waals surface area contributed by atoms with E-state index in [0.717, 1.165) is 51.9 Å². The molecular weight excluding hydrogens is 596 g/mol. The molecule has 0 spiro atoms. The summed E-state index contributed by atoms with van der Waals surface area (Å²) in [5.74, 6) is -3.00. The standard InChI is InChI=1S/C34H62N2O10/c1-4-6-8-10-12-14-16-18-20-22-27(38)36-26(32(42)35-23-21-19-17-15-13-11-9-7-5-2)24-44-34-30(41)28(39)29(40)31(46-34)33(43)45-25(3)37/h26,28-31,34,39-41H,4-24H2,1-3H3,(H,35,42)(H,36,38)/t26-,28-,29-,30+,31-,34-/m0/s1. The fraction of sp³-hybridized carbons (Fsp3) is 0.882. The van der Waals surface area contributed by atoms with Gasteiger partial charge in [-0.2, -0.15) is 0 Å². The Bertz CT molecular complexity index is 858. The van der Waals surface area contributed by atoms with Crippen molar-refractivity contribution >= 4 is 23.8 Å². The summed E-state index contributed by atoms with van der Waals surface area (Å²) in [4.78, 5) is 49.3. The van der Waals surface area contributed by atoms with Gasteiger partial charge in [0.2, 0.25) is 11.8 Å². The highest BCUT2D eigenvalue weighted by Crippen LogP contribution is 2.23. The maximum Gasteiger partial charge on any atom is 0.345 e. The van der Waals surface area contributed by atoms with Gasteiger partial charge in [-0.1, -0.05) is 117 Å². The summed E-state index contributed by atoms with van der Waals surface area (Å²) in [6.45, 7) is 5.36. The molecule has 1 rings (SSSR count). The number of aliphatic hydroxyl groups is 3. The van der Waals surface area contributed by atoms with Crippen molar-refractivity contribution < 1.29 is 48.7 Å². The van der Waals surface area contributed by atoms with Crippen LogP contribution in [0.1, 0.15) is 143 Å². The number of ether oxygens (including phenoxy) is 3. The number of amides is 2. The predicted octanol–water partition coefficient (Wildman–Crippen LogP) is 3.95. The van der Waals surface area contributed by atoms with Crippen LogP contribution in [0.3, 0.4) is 0 Å². The molecule has 0 aromatic carbocycles. The Labute approximate surface area is 275 Å². The van der Waals surface area contributed by atoms with Crippen molar-refractivity contribution in [2.45, 2.75) is 180 Å². The first kappa shape index (κ1) is 41.9. The molecule has 0 radical (unpaired) electrons. The SMILES string of the molecule is CCCCCCCCCCCNC(=O)[C@H](CO[C@H]1O[C@H](C(=O)OC(C)=O)[C@@H](O)[C@H](O)[C@H]1O)NC(=O)CCCCCCCCCCC. The van der Waals surface area contributed by atoms with Crippen LogP contribution in [-0.2, 0) is 33.4 Å². The molecule has 46 heavy (non-hydrogen) atoms. The van der Waals surface area contributed by atoms with Gasteiger partial charge in [-0.05, 0) is 12.8 Å². The van der Waals surface area contributed by atoms with Crippen molar-refractivity contribution in [3.05, 3.63) is 0 Å². The number of rotatable bonds is 26. The molecule has 0 aliphatic carbocycles. The Morgan fingerprint density at radius 2 is 1.20 bits per heavy atom. The van der Waals surface area contributed by atoms with Gasteiger partial charge >= 0.3 is 11.9 Å². The van der Waals surface area contributed by atoms with Crippen LogP contribution in [-0.4, -0.2) is 89.0 Å². The van der Waals surface area contributed by atoms with E-state index in [9.17, 15) is 34.5 Å². The number of esters is 2. The van der Waals surface area contributed by atoms with Crippen LogP contribution >= 0.6 is 0 Å². The second kappa shape index (κ2) is 25.9. The van der Waals surface area contributed by atoms with E-state index in [1.807, 2.05) is 0 Å². The molecule has 1 aliphatic heterocycles. The Kier molecular flexibility index (Phi) is 23.6. The highest BCUT2D eigenvalue weighted by molar-refractivity contribution is 5.88. The number of aliphatic hydroxyl groups excluding tert-OH is 3. The first-order chi connectivity index (χ1) is 22.1. The van der Waals surface area contributed by atoms with Crippen LogP contribution in [0.2, 0.25) is 0 Å².